The van der Waals surface area contributed by atoms with E-state index in [2.05, 4.69) is 28.8 Å². The third-order valence-corrected chi connectivity index (χ3v) is 4.51. The van der Waals surface area contributed by atoms with Crippen LogP contribution in [0.3, 0.4) is 0 Å². The summed E-state index contributed by atoms with van der Waals surface area (Å²) in [5.41, 5.74) is 2.74. The van der Waals surface area contributed by atoms with Gasteiger partial charge in [0.05, 0.1) is 18.7 Å². The summed E-state index contributed by atoms with van der Waals surface area (Å²) in [5, 5.41) is 16.3. The Kier molecular flexibility index (Phi) is 4.38. The van der Waals surface area contributed by atoms with Gasteiger partial charge in [0.1, 0.15) is 24.5 Å². The van der Waals surface area contributed by atoms with Gasteiger partial charge in [-0.2, -0.15) is 5.26 Å². The van der Waals surface area contributed by atoms with Crippen LogP contribution in [0, 0.1) is 11.3 Å². The largest absolute Gasteiger partial charge is 0.476 e. The highest BCUT2D eigenvalue weighted by molar-refractivity contribution is 5.33. The van der Waals surface area contributed by atoms with Gasteiger partial charge < -0.3 is 14.8 Å². The standard InChI is InChI=1S/C20H19N3O2/c21-11-16(19-22-17(12-24-19)14-7-3-1-4-8-14)20-23-18(13-25-20)15-9-5-2-6-10-15/h1-10,17-19,22-23H,12-13H2/b20-16+/t17-,18-,19?/m0/s1. The zero-order valence-corrected chi connectivity index (χ0v) is 13.7. The van der Waals surface area contributed by atoms with E-state index >= 15 is 0 Å². The van der Waals surface area contributed by atoms with Crippen LogP contribution in [-0.4, -0.2) is 19.4 Å². The highest BCUT2D eigenvalue weighted by Crippen LogP contribution is 2.28. The van der Waals surface area contributed by atoms with E-state index in [1.807, 2.05) is 48.5 Å². The van der Waals surface area contributed by atoms with Crippen LogP contribution in [0.15, 0.2) is 72.1 Å². The summed E-state index contributed by atoms with van der Waals surface area (Å²) in [7, 11) is 0. The minimum atomic E-state index is -0.466. The summed E-state index contributed by atoms with van der Waals surface area (Å²) in [5.74, 6) is 0.502. The van der Waals surface area contributed by atoms with Gasteiger partial charge in [-0.25, -0.2) is 0 Å². The van der Waals surface area contributed by atoms with Crippen molar-refractivity contribution in [3.63, 3.8) is 0 Å². The number of hydrogen-bond donors (Lipinski definition) is 2. The molecule has 2 aliphatic heterocycles. The van der Waals surface area contributed by atoms with Crippen LogP contribution in [0.25, 0.3) is 0 Å². The lowest BCUT2D eigenvalue weighted by Crippen LogP contribution is -2.29. The van der Waals surface area contributed by atoms with Crippen molar-refractivity contribution in [2.75, 3.05) is 13.2 Å². The fourth-order valence-corrected chi connectivity index (χ4v) is 3.17. The monoisotopic (exact) mass is 333 g/mol. The van der Waals surface area contributed by atoms with Crippen molar-refractivity contribution in [1.29, 1.82) is 5.26 Å². The molecule has 2 saturated heterocycles. The highest BCUT2D eigenvalue weighted by Gasteiger charge is 2.33. The number of nitrogens with zero attached hydrogens (tertiary/aromatic N) is 1. The fraction of sp³-hybridized carbons (Fsp3) is 0.250. The molecule has 3 atom stereocenters. The quantitative estimate of drug-likeness (QED) is 0.846. The van der Waals surface area contributed by atoms with Gasteiger partial charge in [-0.05, 0) is 11.1 Å². The molecular weight excluding hydrogens is 314 g/mol. The van der Waals surface area contributed by atoms with Crippen molar-refractivity contribution < 1.29 is 9.47 Å². The number of nitrogens with one attached hydrogen (secondary N) is 2. The van der Waals surface area contributed by atoms with E-state index in [9.17, 15) is 5.26 Å². The van der Waals surface area contributed by atoms with Crippen molar-refractivity contribution >= 4 is 0 Å². The predicted molar refractivity (Wildman–Crippen MR) is 93.0 cm³/mol. The second kappa shape index (κ2) is 6.98. The molecule has 2 aromatic rings. The lowest BCUT2D eigenvalue weighted by Gasteiger charge is -2.13. The first-order valence-corrected chi connectivity index (χ1v) is 8.36. The van der Waals surface area contributed by atoms with Crippen LogP contribution in [0.2, 0.25) is 0 Å². The molecule has 0 amide bonds. The first-order valence-electron chi connectivity index (χ1n) is 8.36. The number of ether oxygens (including phenoxy) is 2. The van der Waals surface area contributed by atoms with Crippen molar-refractivity contribution in [2.24, 2.45) is 0 Å². The smallest absolute Gasteiger partial charge is 0.205 e. The van der Waals surface area contributed by atoms with Crippen LogP contribution < -0.4 is 10.6 Å². The van der Waals surface area contributed by atoms with Crippen molar-refractivity contribution in [1.82, 2.24) is 10.6 Å². The van der Waals surface area contributed by atoms with Crippen molar-refractivity contribution in [2.45, 2.75) is 18.3 Å². The zero-order chi connectivity index (χ0) is 17.1. The molecule has 2 heterocycles. The molecule has 0 aliphatic carbocycles. The van der Waals surface area contributed by atoms with Crippen LogP contribution >= 0.6 is 0 Å². The third kappa shape index (κ3) is 3.22. The Morgan fingerprint density at radius 3 is 2.20 bits per heavy atom. The molecular formula is C20H19N3O2. The molecule has 2 N–H and O–H groups in total. The average molecular weight is 333 g/mol. The number of hydrogen-bond acceptors (Lipinski definition) is 5. The summed E-state index contributed by atoms with van der Waals surface area (Å²) in [6, 6.07) is 22.5. The molecule has 126 valence electrons. The molecule has 2 fully saturated rings. The minimum Gasteiger partial charge on any atom is -0.476 e. The van der Waals surface area contributed by atoms with E-state index in [1.165, 1.54) is 0 Å². The van der Waals surface area contributed by atoms with E-state index in [-0.39, 0.29) is 12.1 Å². The second-order valence-electron chi connectivity index (χ2n) is 6.12. The predicted octanol–water partition coefficient (Wildman–Crippen LogP) is 2.77. The Morgan fingerprint density at radius 1 is 0.920 bits per heavy atom. The summed E-state index contributed by atoms with van der Waals surface area (Å²) in [6.07, 6.45) is -0.466. The Bertz CT molecular complexity index is 799. The van der Waals surface area contributed by atoms with E-state index in [4.69, 9.17) is 9.47 Å². The molecule has 2 aromatic carbocycles. The van der Waals surface area contributed by atoms with Crippen molar-refractivity contribution in [3.8, 4) is 6.07 Å². The van der Waals surface area contributed by atoms with Crippen LogP contribution in [0.5, 0.6) is 0 Å². The van der Waals surface area contributed by atoms with Gasteiger partial charge in [-0.1, -0.05) is 60.7 Å². The maximum Gasteiger partial charge on any atom is 0.205 e. The van der Waals surface area contributed by atoms with Gasteiger partial charge in [0.2, 0.25) is 5.88 Å². The Hall–Kier alpha value is -2.81. The van der Waals surface area contributed by atoms with Gasteiger partial charge >= 0.3 is 0 Å². The molecule has 0 spiro atoms. The number of benzene rings is 2. The minimum absolute atomic E-state index is 0.0471. The van der Waals surface area contributed by atoms with Gasteiger partial charge in [-0.15, -0.1) is 0 Å². The maximum absolute atomic E-state index is 9.61. The summed E-state index contributed by atoms with van der Waals surface area (Å²) in [6.45, 7) is 1.02. The van der Waals surface area contributed by atoms with Crippen LogP contribution in [-0.2, 0) is 9.47 Å². The molecule has 0 bridgehead atoms. The van der Waals surface area contributed by atoms with Gasteiger partial charge in [0.25, 0.3) is 0 Å². The van der Waals surface area contributed by atoms with Gasteiger partial charge in [0.15, 0.2) is 0 Å². The molecule has 25 heavy (non-hydrogen) atoms. The first kappa shape index (κ1) is 15.7. The summed E-state index contributed by atoms with van der Waals surface area (Å²) in [4.78, 5) is 0. The summed E-state index contributed by atoms with van der Waals surface area (Å²) < 4.78 is 11.6. The lowest BCUT2D eigenvalue weighted by atomic mass is 10.1. The Balaban J connectivity index is 1.50. The third-order valence-electron chi connectivity index (χ3n) is 4.51. The SMILES string of the molecule is N#C/C(=C1/N[C@H](c2ccccc2)CO1)C1N[C@H](c2ccccc2)CO1. The molecule has 0 radical (unpaired) electrons. The van der Waals surface area contributed by atoms with Crippen LogP contribution in [0.4, 0.5) is 0 Å². The fourth-order valence-electron chi connectivity index (χ4n) is 3.17. The molecule has 5 heteroatoms. The molecule has 1 unspecified atom stereocenters. The van der Waals surface area contributed by atoms with Gasteiger partial charge in [0, 0.05) is 0 Å². The lowest BCUT2D eigenvalue weighted by molar-refractivity contribution is 0.124. The van der Waals surface area contributed by atoms with E-state index < -0.39 is 6.23 Å². The van der Waals surface area contributed by atoms with Crippen LogP contribution in [0.1, 0.15) is 23.2 Å². The Labute approximate surface area is 146 Å². The average Bonchev–Trinajstić information content (AvgIpc) is 3.35. The number of rotatable bonds is 3. The molecule has 4 rings (SSSR count). The second-order valence-corrected chi connectivity index (χ2v) is 6.12. The molecule has 0 saturated carbocycles. The number of nitriles is 1. The van der Waals surface area contributed by atoms with Crippen molar-refractivity contribution in [3.05, 3.63) is 83.2 Å². The topological polar surface area (TPSA) is 66.3 Å². The van der Waals surface area contributed by atoms with E-state index in [0.717, 1.165) is 11.1 Å². The van der Waals surface area contributed by atoms with E-state index in [1.54, 1.807) is 0 Å². The molecule has 5 nitrogen and oxygen atoms in total. The normalized spacial score (nSPS) is 27.2. The zero-order valence-electron chi connectivity index (χ0n) is 13.7. The molecule has 0 aromatic heterocycles. The van der Waals surface area contributed by atoms with E-state index in [0.29, 0.717) is 24.7 Å². The summed E-state index contributed by atoms with van der Waals surface area (Å²) >= 11 is 0. The first-order chi connectivity index (χ1) is 12.3. The molecule has 2 aliphatic rings. The maximum atomic E-state index is 9.61. The van der Waals surface area contributed by atoms with Gasteiger partial charge in [-0.3, -0.25) is 5.32 Å². The Morgan fingerprint density at radius 2 is 1.56 bits per heavy atom. The highest BCUT2D eigenvalue weighted by atomic mass is 16.5.